The number of rotatable bonds is 6. The van der Waals surface area contributed by atoms with Crippen LogP contribution < -0.4 is 10.6 Å². The first-order valence-electron chi connectivity index (χ1n) is 12.6. The van der Waals surface area contributed by atoms with Crippen LogP contribution in [0, 0.1) is 5.92 Å². The van der Waals surface area contributed by atoms with E-state index in [1.54, 1.807) is 6.07 Å². The third-order valence-electron chi connectivity index (χ3n) is 7.33. The lowest BCUT2D eigenvalue weighted by atomic mass is 9.87. The molecule has 0 radical (unpaired) electrons. The monoisotopic (exact) mass is 504 g/mol. The topological polar surface area (TPSA) is 78.4 Å². The van der Waals surface area contributed by atoms with Gasteiger partial charge in [-0.25, -0.2) is 0 Å². The molecule has 36 heavy (non-hydrogen) atoms. The van der Waals surface area contributed by atoms with Crippen LogP contribution in [0.3, 0.4) is 0 Å². The molecule has 3 N–H and O–H groups in total. The van der Waals surface area contributed by atoms with E-state index in [4.69, 9.17) is 9.90 Å². The van der Waals surface area contributed by atoms with E-state index in [0.29, 0.717) is 17.4 Å². The van der Waals surface area contributed by atoms with E-state index in [0.717, 1.165) is 63.2 Å². The highest BCUT2D eigenvalue weighted by atomic mass is 19.4. The molecule has 1 saturated heterocycles. The Hall–Kier alpha value is -2.87. The Morgan fingerprint density at radius 2 is 1.78 bits per heavy atom. The van der Waals surface area contributed by atoms with Crippen molar-refractivity contribution in [1.29, 1.82) is 0 Å². The van der Waals surface area contributed by atoms with E-state index in [1.807, 2.05) is 19.1 Å². The lowest BCUT2D eigenvalue weighted by Crippen LogP contribution is -2.42. The summed E-state index contributed by atoms with van der Waals surface area (Å²) in [6.45, 7) is 3.66. The van der Waals surface area contributed by atoms with Crippen LogP contribution in [-0.2, 0) is 11.0 Å². The SMILES string of the molecule is C[C@@H](CC1CC[C@H](c2ccc(C(=O)NC3CCNCC3)cc2)C1)c1cccc(C(F)(F)F)c1.O=CO. The first-order valence-corrected chi connectivity index (χ1v) is 12.6. The summed E-state index contributed by atoms with van der Waals surface area (Å²) in [4.78, 5) is 20.9. The van der Waals surface area contributed by atoms with Gasteiger partial charge in [0, 0.05) is 11.6 Å². The molecule has 4 rings (SSSR count). The van der Waals surface area contributed by atoms with Gasteiger partial charge in [-0.15, -0.1) is 0 Å². The van der Waals surface area contributed by atoms with E-state index in [2.05, 4.69) is 22.8 Å². The van der Waals surface area contributed by atoms with Gasteiger partial charge in [0.2, 0.25) is 0 Å². The molecule has 5 nitrogen and oxygen atoms in total. The van der Waals surface area contributed by atoms with E-state index in [1.165, 1.54) is 17.7 Å². The summed E-state index contributed by atoms with van der Waals surface area (Å²) in [7, 11) is 0. The number of alkyl halides is 3. The molecule has 1 aliphatic heterocycles. The first-order chi connectivity index (χ1) is 17.2. The van der Waals surface area contributed by atoms with Gasteiger partial charge in [-0.3, -0.25) is 9.59 Å². The predicted molar refractivity (Wildman–Crippen MR) is 133 cm³/mol. The minimum absolute atomic E-state index is 0.00680. The average Bonchev–Trinajstić information content (AvgIpc) is 3.33. The van der Waals surface area contributed by atoms with Crippen LogP contribution in [0.4, 0.5) is 13.2 Å². The third-order valence-corrected chi connectivity index (χ3v) is 7.33. The Balaban J connectivity index is 0.00000115. The number of hydrogen-bond acceptors (Lipinski definition) is 3. The van der Waals surface area contributed by atoms with E-state index >= 15 is 0 Å². The smallest absolute Gasteiger partial charge is 0.416 e. The molecular formula is C28H35F3N2O3. The number of halogens is 3. The maximum atomic E-state index is 13.0. The maximum Gasteiger partial charge on any atom is 0.416 e. The molecule has 1 aliphatic carbocycles. The maximum absolute atomic E-state index is 13.0. The highest BCUT2D eigenvalue weighted by molar-refractivity contribution is 5.94. The molecule has 3 atom stereocenters. The lowest BCUT2D eigenvalue weighted by molar-refractivity contribution is -0.137. The predicted octanol–water partition coefficient (Wildman–Crippen LogP) is 5.97. The quantitative estimate of drug-likeness (QED) is 0.424. The number of amides is 1. The van der Waals surface area contributed by atoms with Gasteiger partial charge in [0.25, 0.3) is 12.4 Å². The van der Waals surface area contributed by atoms with Crippen LogP contribution in [0.2, 0.25) is 0 Å². The molecule has 2 aliphatic rings. The molecule has 1 heterocycles. The third kappa shape index (κ3) is 7.82. The minimum atomic E-state index is -4.30. The number of piperidine rings is 1. The van der Waals surface area contributed by atoms with Gasteiger partial charge < -0.3 is 15.7 Å². The number of nitrogens with one attached hydrogen (secondary N) is 2. The Morgan fingerprint density at radius 3 is 2.42 bits per heavy atom. The average molecular weight is 505 g/mol. The molecule has 0 aromatic heterocycles. The van der Waals surface area contributed by atoms with Gasteiger partial charge in [-0.05, 0) is 98.7 Å². The summed E-state index contributed by atoms with van der Waals surface area (Å²) in [5.41, 5.74) is 2.14. The number of carboxylic acid groups (broad SMARTS) is 1. The lowest BCUT2D eigenvalue weighted by Gasteiger charge is -2.23. The largest absolute Gasteiger partial charge is 0.483 e. The van der Waals surface area contributed by atoms with Gasteiger partial charge in [-0.2, -0.15) is 13.2 Å². The molecule has 196 valence electrons. The summed E-state index contributed by atoms with van der Waals surface area (Å²) < 4.78 is 39.1. The second kappa shape index (κ2) is 12.9. The fraction of sp³-hybridized carbons (Fsp3) is 0.500. The van der Waals surface area contributed by atoms with Crippen LogP contribution in [0.25, 0.3) is 0 Å². The first kappa shape index (κ1) is 27.7. The van der Waals surface area contributed by atoms with Crippen molar-refractivity contribution in [2.45, 2.75) is 69.5 Å². The molecule has 1 saturated carbocycles. The van der Waals surface area contributed by atoms with Crippen molar-refractivity contribution < 1.29 is 27.9 Å². The van der Waals surface area contributed by atoms with Gasteiger partial charge in [-0.1, -0.05) is 37.3 Å². The normalized spacial score (nSPS) is 21.2. The molecule has 1 unspecified atom stereocenters. The fourth-order valence-corrected chi connectivity index (χ4v) is 5.39. The zero-order valence-electron chi connectivity index (χ0n) is 20.6. The molecule has 1 amide bonds. The molecular weight excluding hydrogens is 469 g/mol. The number of benzene rings is 2. The van der Waals surface area contributed by atoms with Gasteiger partial charge >= 0.3 is 6.18 Å². The Bertz CT molecular complexity index is 988. The summed E-state index contributed by atoms with van der Waals surface area (Å²) in [5.74, 6) is 1.04. The molecule has 0 spiro atoms. The van der Waals surface area contributed by atoms with Crippen molar-refractivity contribution in [2.24, 2.45) is 5.92 Å². The fourth-order valence-electron chi connectivity index (χ4n) is 5.39. The van der Waals surface area contributed by atoms with Crippen molar-refractivity contribution in [2.75, 3.05) is 13.1 Å². The van der Waals surface area contributed by atoms with Crippen LogP contribution in [-0.4, -0.2) is 36.6 Å². The van der Waals surface area contributed by atoms with E-state index < -0.39 is 11.7 Å². The van der Waals surface area contributed by atoms with Crippen molar-refractivity contribution >= 4 is 12.4 Å². The number of hydrogen-bond donors (Lipinski definition) is 3. The summed E-state index contributed by atoms with van der Waals surface area (Å²) in [5, 5.41) is 13.3. The summed E-state index contributed by atoms with van der Waals surface area (Å²) in [6, 6.07) is 14.0. The molecule has 8 heteroatoms. The number of carbonyl (C=O) groups is 2. The minimum Gasteiger partial charge on any atom is -0.483 e. The Kier molecular flexibility index (Phi) is 9.93. The van der Waals surface area contributed by atoms with Crippen LogP contribution in [0.1, 0.15) is 84.3 Å². The van der Waals surface area contributed by atoms with Crippen molar-refractivity contribution in [3.63, 3.8) is 0 Å². The van der Waals surface area contributed by atoms with Gasteiger partial charge in [0.1, 0.15) is 0 Å². The molecule has 2 aromatic carbocycles. The standard InChI is InChI=1S/C27H33F3N2O.CH2O2/c1-18(22-3-2-4-24(17-22)27(28,29)30)15-19-5-6-23(16-19)20-7-9-21(10-8-20)26(33)32-25-11-13-31-14-12-25;2-1-3/h2-4,7-10,17-19,23,25,31H,5-6,11-16H2,1H3,(H,32,33);1H,(H,2,3)/t18-,19?,23-;/m0./s1. The van der Waals surface area contributed by atoms with Crippen LogP contribution in [0.5, 0.6) is 0 Å². The zero-order chi connectivity index (χ0) is 26.1. The van der Waals surface area contributed by atoms with Crippen molar-refractivity contribution in [1.82, 2.24) is 10.6 Å². The summed E-state index contributed by atoms with van der Waals surface area (Å²) >= 11 is 0. The number of carbonyl (C=O) groups excluding carboxylic acids is 1. The van der Waals surface area contributed by atoms with Crippen molar-refractivity contribution in [3.8, 4) is 0 Å². The van der Waals surface area contributed by atoms with Crippen LogP contribution in [0.15, 0.2) is 48.5 Å². The van der Waals surface area contributed by atoms with E-state index in [9.17, 15) is 18.0 Å². The zero-order valence-corrected chi connectivity index (χ0v) is 20.6. The highest BCUT2D eigenvalue weighted by Gasteiger charge is 2.32. The molecule has 2 aromatic rings. The Morgan fingerprint density at radius 1 is 1.11 bits per heavy atom. The second-order valence-electron chi connectivity index (χ2n) is 9.86. The second-order valence-corrected chi connectivity index (χ2v) is 9.86. The van der Waals surface area contributed by atoms with Gasteiger partial charge in [0.15, 0.2) is 0 Å². The summed E-state index contributed by atoms with van der Waals surface area (Å²) in [6.07, 6.45) is 1.74. The van der Waals surface area contributed by atoms with Gasteiger partial charge in [0.05, 0.1) is 5.56 Å². The van der Waals surface area contributed by atoms with Crippen molar-refractivity contribution in [3.05, 3.63) is 70.8 Å². The van der Waals surface area contributed by atoms with E-state index in [-0.39, 0.29) is 24.3 Å². The van der Waals surface area contributed by atoms with Crippen LogP contribution >= 0.6 is 0 Å². The Labute approximate surface area is 210 Å². The molecule has 0 bridgehead atoms. The highest BCUT2D eigenvalue weighted by Crippen LogP contribution is 2.43. The molecule has 2 fully saturated rings.